The van der Waals surface area contributed by atoms with Gasteiger partial charge in [0.2, 0.25) is 0 Å². The third-order valence-corrected chi connectivity index (χ3v) is 4.75. The van der Waals surface area contributed by atoms with E-state index in [1.807, 2.05) is 0 Å². The number of hydrogen-bond donors (Lipinski definition) is 0. The van der Waals surface area contributed by atoms with Crippen molar-refractivity contribution in [3.8, 4) is 0 Å². The second kappa shape index (κ2) is 9.09. The Morgan fingerprint density at radius 3 is 2.25 bits per heavy atom. The Labute approximate surface area is 178 Å². The molecule has 0 saturated carbocycles. The molecule has 2 aromatic rings. The molecular weight excluding hydrogens is 446 g/mol. The van der Waals surface area contributed by atoms with E-state index in [4.69, 9.17) is 4.74 Å². The number of alkyl halides is 6. The minimum absolute atomic E-state index is 0.209. The van der Waals surface area contributed by atoms with Crippen LogP contribution in [-0.4, -0.2) is 59.3 Å². The highest BCUT2D eigenvalue weighted by molar-refractivity contribution is 5.80. The number of amides is 1. The van der Waals surface area contributed by atoms with E-state index in [9.17, 15) is 35.9 Å². The topological polar surface area (TPSA) is 67.7 Å². The number of carbonyl (C=O) groups excluding carboxylic acids is 2. The van der Waals surface area contributed by atoms with E-state index in [0.29, 0.717) is 11.8 Å². The molecule has 0 spiro atoms. The van der Waals surface area contributed by atoms with Crippen molar-refractivity contribution in [1.29, 1.82) is 0 Å². The summed E-state index contributed by atoms with van der Waals surface area (Å²) in [6.07, 6.45) is -8.12. The summed E-state index contributed by atoms with van der Waals surface area (Å²) < 4.78 is 81.7. The van der Waals surface area contributed by atoms with Crippen molar-refractivity contribution >= 4 is 17.6 Å². The summed E-state index contributed by atoms with van der Waals surface area (Å²) in [5.74, 6) is -1.45. The van der Waals surface area contributed by atoms with Crippen molar-refractivity contribution in [3.63, 3.8) is 0 Å². The van der Waals surface area contributed by atoms with Crippen LogP contribution in [0.25, 0.3) is 0 Å². The molecule has 0 N–H and O–H groups in total. The Morgan fingerprint density at radius 2 is 1.66 bits per heavy atom. The van der Waals surface area contributed by atoms with E-state index in [1.54, 1.807) is 11.0 Å². The highest BCUT2D eigenvalue weighted by Gasteiger charge is 2.34. The molecule has 0 unspecified atom stereocenters. The first-order valence-electron chi connectivity index (χ1n) is 9.40. The summed E-state index contributed by atoms with van der Waals surface area (Å²) in [5.41, 5.74) is -1.53. The minimum atomic E-state index is -4.64. The maximum absolute atomic E-state index is 12.9. The van der Waals surface area contributed by atoms with Gasteiger partial charge in [-0.1, -0.05) is 6.07 Å². The summed E-state index contributed by atoms with van der Waals surface area (Å²) in [4.78, 5) is 27.1. The minimum Gasteiger partial charge on any atom is -0.454 e. The van der Waals surface area contributed by atoms with Crippen LogP contribution in [0, 0.1) is 0 Å². The number of ether oxygens (including phenoxy) is 1. The zero-order valence-electron chi connectivity index (χ0n) is 16.5. The van der Waals surface area contributed by atoms with Crippen LogP contribution < -0.4 is 4.90 Å². The second-order valence-corrected chi connectivity index (χ2v) is 6.97. The number of halogens is 6. The molecule has 3 rings (SSSR count). The number of esters is 1. The molecule has 7 nitrogen and oxygen atoms in total. The second-order valence-electron chi connectivity index (χ2n) is 6.97. The first kappa shape index (κ1) is 23.4. The number of benzene rings is 1. The first-order valence-corrected chi connectivity index (χ1v) is 9.40. The van der Waals surface area contributed by atoms with Crippen molar-refractivity contribution in [2.75, 3.05) is 37.7 Å². The van der Waals surface area contributed by atoms with Crippen molar-refractivity contribution < 1.29 is 40.7 Å². The van der Waals surface area contributed by atoms with Gasteiger partial charge in [-0.25, -0.2) is 0 Å². The van der Waals surface area contributed by atoms with Gasteiger partial charge in [-0.15, -0.1) is 0 Å². The average molecular weight is 464 g/mol. The third kappa shape index (κ3) is 5.92. The lowest BCUT2D eigenvalue weighted by atomic mass is 10.1. The van der Waals surface area contributed by atoms with Crippen LogP contribution >= 0.6 is 0 Å². The van der Waals surface area contributed by atoms with E-state index in [-0.39, 0.29) is 26.2 Å². The summed E-state index contributed by atoms with van der Waals surface area (Å²) in [6, 6.07) is 5.59. The molecule has 1 saturated heterocycles. The van der Waals surface area contributed by atoms with Crippen LogP contribution in [0.3, 0.4) is 0 Å². The van der Waals surface area contributed by atoms with E-state index in [2.05, 4.69) is 5.10 Å². The van der Waals surface area contributed by atoms with Gasteiger partial charge in [0.15, 0.2) is 12.3 Å². The number of piperazine rings is 1. The molecular formula is C19H18F6N4O3. The quantitative estimate of drug-likeness (QED) is 0.503. The lowest BCUT2D eigenvalue weighted by molar-refractivity contribution is -0.153. The summed E-state index contributed by atoms with van der Waals surface area (Å²) >= 11 is 0. The molecule has 1 aromatic carbocycles. The van der Waals surface area contributed by atoms with Crippen LogP contribution in [0.5, 0.6) is 0 Å². The Balaban J connectivity index is 1.45. The van der Waals surface area contributed by atoms with Crippen LogP contribution in [-0.2, 0) is 33.2 Å². The summed E-state index contributed by atoms with van der Waals surface area (Å²) in [7, 11) is 0. The zero-order valence-corrected chi connectivity index (χ0v) is 16.5. The average Bonchev–Trinajstić information content (AvgIpc) is 3.20. The van der Waals surface area contributed by atoms with Crippen molar-refractivity contribution in [3.05, 3.63) is 47.8 Å². The highest BCUT2D eigenvalue weighted by Crippen LogP contribution is 2.32. The van der Waals surface area contributed by atoms with Gasteiger partial charge in [0.1, 0.15) is 6.54 Å². The molecule has 0 radical (unpaired) electrons. The normalized spacial score (nSPS) is 15.1. The smallest absolute Gasteiger partial charge is 0.435 e. The van der Waals surface area contributed by atoms with Gasteiger partial charge < -0.3 is 14.5 Å². The molecule has 1 aliphatic rings. The van der Waals surface area contributed by atoms with Gasteiger partial charge in [0.25, 0.3) is 5.91 Å². The third-order valence-electron chi connectivity index (χ3n) is 4.75. The monoisotopic (exact) mass is 464 g/mol. The molecule has 1 amide bonds. The van der Waals surface area contributed by atoms with E-state index in [1.165, 1.54) is 11.0 Å². The molecule has 0 bridgehead atoms. The van der Waals surface area contributed by atoms with Gasteiger partial charge in [-0.2, -0.15) is 31.4 Å². The number of nitrogens with zero attached hydrogens (tertiary/aromatic N) is 4. The van der Waals surface area contributed by atoms with E-state index in [0.717, 1.165) is 23.0 Å². The molecule has 13 heteroatoms. The van der Waals surface area contributed by atoms with Crippen LogP contribution in [0.4, 0.5) is 32.0 Å². The van der Waals surface area contributed by atoms with Gasteiger partial charge in [0, 0.05) is 38.1 Å². The van der Waals surface area contributed by atoms with Crippen LogP contribution in [0.1, 0.15) is 11.3 Å². The number of anilines is 1. The fourth-order valence-electron chi connectivity index (χ4n) is 3.11. The van der Waals surface area contributed by atoms with E-state index >= 15 is 0 Å². The molecule has 1 aromatic heterocycles. The van der Waals surface area contributed by atoms with Crippen molar-refractivity contribution in [2.24, 2.45) is 0 Å². The number of hydrogen-bond acceptors (Lipinski definition) is 5. The zero-order chi connectivity index (χ0) is 23.5. The Kier molecular flexibility index (Phi) is 6.65. The Morgan fingerprint density at radius 1 is 0.969 bits per heavy atom. The predicted octanol–water partition coefficient (Wildman–Crippen LogP) is 2.81. The van der Waals surface area contributed by atoms with E-state index < -0.39 is 48.6 Å². The molecule has 0 aliphatic carbocycles. The molecule has 32 heavy (non-hydrogen) atoms. The van der Waals surface area contributed by atoms with Crippen LogP contribution in [0.15, 0.2) is 36.5 Å². The number of carbonyl (C=O) groups is 2. The maximum Gasteiger partial charge on any atom is 0.435 e. The summed E-state index contributed by atoms with van der Waals surface area (Å²) in [6.45, 7) is -0.201. The molecule has 174 valence electrons. The molecule has 0 atom stereocenters. The molecule has 1 fully saturated rings. The maximum atomic E-state index is 12.9. The number of rotatable bonds is 5. The van der Waals surface area contributed by atoms with Gasteiger partial charge in [0.05, 0.1) is 5.56 Å². The fraction of sp³-hybridized carbons (Fsp3) is 0.421. The summed E-state index contributed by atoms with van der Waals surface area (Å²) in [5, 5.41) is 3.22. The largest absolute Gasteiger partial charge is 0.454 e. The SMILES string of the molecule is O=C(Cn1ccc(C(F)(F)F)n1)OCC(=O)N1CCN(c2cccc(C(F)(F)F)c2)CC1. The van der Waals surface area contributed by atoms with Gasteiger partial charge >= 0.3 is 18.3 Å². The Bertz CT molecular complexity index is 964. The number of aromatic nitrogens is 2. The standard InChI is InChI=1S/C19H18F6N4O3/c20-18(21,22)13-2-1-3-14(10-13)27-6-8-28(9-7-27)16(30)12-32-17(31)11-29-5-4-15(26-29)19(23,24)25/h1-5,10H,6-9,11-12H2. The van der Waals surface area contributed by atoms with Crippen LogP contribution in [0.2, 0.25) is 0 Å². The van der Waals surface area contributed by atoms with Crippen molar-refractivity contribution in [2.45, 2.75) is 18.9 Å². The first-order chi connectivity index (χ1) is 14.9. The van der Waals surface area contributed by atoms with Crippen molar-refractivity contribution in [1.82, 2.24) is 14.7 Å². The fourth-order valence-corrected chi connectivity index (χ4v) is 3.11. The molecule has 1 aliphatic heterocycles. The predicted molar refractivity (Wildman–Crippen MR) is 98.4 cm³/mol. The van der Waals surface area contributed by atoms with Gasteiger partial charge in [-0.3, -0.25) is 14.3 Å². The van der Waals surface area contributed by atoms with Gasteiger partial charge in [-0.05, 0) is 24.3 Å². The Hall–Kier alpha value is -3.25. The lowest BCUT2D eigenvalue weighted by Crippen LogP contribution is -2.50. The molecule has 2 heterocycles. The highest BCUT2D eigenvalue weighted by atomic mass is 19.4. The lowest BCUT2D eigenvalue weighted by Gasteiger charge is -2.36.